The number of benzene rings is 1. The van der Waals surface area contributed by atoms with E-state index in [2.05, 4.69) is 5.32 Å². The van der Waals surface area contributed by atoms with Gasteiger partial charge in [0, 0.05) is 0 Å². The summed E-state index contributed by atoms with van der Waals surface area (Å²) in [6.07, 6.45) is 0.533. The first-order chi connectivity index (χ1) is 9.28. The number of carbonyl (C=O) groups excluding carboxylic acids is 1. The molecule has 0 bridgehead atoms. The number of rotatable bonds is 6. The maximum Gasteiger partial charge on any atom is 0.329 e. The molecule has 1 aromatic rings. The van der Waals surface area contributed by atoms with Crippen LogP contribution in [0, 0.1) is 0 Å². The van der Waals surface area contributed by atoms with Crippen molar-refractivity contribution >= 4 is 11.9 Å². The third-order valence-corrected chi connectivity index (χ3v) is 3.31. The van der Waals surface area contributed by atoms with Crippen molar-refractivity contribution in [2.75, 3.05) is 0 Å². The van der Waals surface area contributed by atoms with Crippen molar-refractivity contribution in [2.24, 2.45) is 5.73 Å². The Morgan fingerprint density at radius 2 is 1.90 bits per heavy atom. The number of carboxylic acids is 1. The van der Waals surface area contributed by atoms with Crippen LogP contribution in [0.3, 0.4) is 0 Å². The van der Waals surface area contributed by atoms with E-state index in [9.17, 15) is 14.7 Å². The maximum atomic E-state index is 11.9. The third kappa shape index (κ3) is 3.96. The molecule has 1 unspecified atom stereocenters. The predicted molar refractivity (Wildman–Crippen MR) is 74.3 cm³/mol. The summed E-state index contributed by atoms with van der Waals surface area (Å²) in [5, 5.41) is 20.7. The average Bonchev–Trinajstić information content (AvgIpc) is 2.40. The number of carbonyl (C=O) groups is 2. The number of phenols is 1. The molecule has 1 amide bonds. The number of amides is 1. The summed E-state index contributed by atoms with van der Waals surface area (Å²) in [6, 6.07) is 5.50. The lowest BCUT2D eigenvalue weighted by Gasteiger charge is -2.26. The van der Waals surface area contributed by atoms with E-state index in [1.165, 1.54) is 19.1 Å². The molecule has 0 spiro atoms. The Morgan fingerprint density at radius 3 is 2.35 bits per heavy atom. The Morgan fingerprint density at radius 1 is 1.35 bits per heavy atom. The van der Waals surface area contributed by atoms with Gasteiger partial charge in [0.05, 0.1) is 6.04 Å². The molecule has 1 aromatic carbocycles. The van der Waals surface area contributed by atoms with Crippen LogP contribution in [0.4, 0.5) is 0 Å². The van der Waals surface area contributed by atoms with Crippen LogP contribution in [0.1, 0.15) is 25.8 Å². The van der Waals surface area contributed by atoms with Crippen molar-refractivity contribution in [3.05, 3.63) is 29.8 Å². The molecule has 0 aliphatic carbocycles. The standard InChI is InChI=1S/C14H20N2O4/c1-3-14(2,13(19)20)16-12(18)11(15)8-9-4-6-10(17)7-5-9/h4-7,11,17H,3,8,15H2,1-2H3,(H,16,18)(H,19,20)/t11-,14?/m0/s1. The van der Waals surface area contributed by atoms with Gasteiger partial charge in [-0.3, -0.25) is 4.79 Å². The van der Waals surface area contributed by atoms with Crippen molar-refractivity contribution in [3.8, 4) is 5.75 Å². The van der Waals surface area contributed by atoms with E-state index in [1.54, 1.807) is 19.1 Å². The summed E-state index contributed by atoms with van der Waals surface area (Å²) in [5.74, 6) is -1.47. The van der Waals surface area contributed by atoms with Crippen LogP contribution in [0.2, 0.25) is 0 Å². The molecule has 0 aliphatic heterocycles. The van der Waals surface area contributed by atoms with Gasteiger partial charge in [0.2, 0.25) is 5.91 Å². The topological polar surface area (TPSA) is 113 Å². The quantitative estimate of drug-likeness (QED) is 0.610. The number of phenolic OH excluding ortho intramolecular Hbond substituents is 1. The minimum absolute atomic E-state index is 0.135. The minimum Gasteiger partial charge on any atom is -0.508 e. The molecule has 6 heteroatoms. The van der Waals surface area contributed by atoms with Gasteiger partial charge in [-0.1, -0.05) is 19.1 Å². The zero-order valence-corrected chi connectivity index (χ0v) is 11.6. The number of hydrogen-bond donors (Lipinski definition) is 4. The number of nitrogens with one attached hydrogen (secondary N) is 1. The number of carboxylic acid groups (broad SMARTS) is 1. The molecule has 0 heterocycles. The minimum atomic E-state index is -1.32. The molecule has 110 valence electrons. The third-order valence-electron chi connectivity index (χ3n) is 3.31. The van der Waals surface area contributed by atoms with Gasteiger partial charge < -0.3 is 21.3 Å². The second-order valence-electron chi connectivity index (χ2n) is 4.96. The number of aliphatic carboxylic acids is 1. The molecule has 0 saturated carbocycles. The maximum absolute atomic E-state index is 11.9. The SMILES string of the molecule is CCC(C)(NC(=O)[C@@H](N)Cc1ccc(O)cc1)C(=O)O. The van der Waals surface area contributed by atoms with Gasteiger partial charge in [-0.15, -0.1) is 0 Å². The number of aromatic hydroxyl groups is 1. The van der Waals surface area contributed by atoms with Crippen molar-refractivity contribution in [1.82, 2.24) is 5.32 Å². The monoisotopic (exact) mass is 280 g/mol. The van der Waals surface area contributed by atoms with Crippen LogP contribution in [0.25, 0.3) is 0 Å². The molecule has 5 N–H and O–H groups in total. The first kappa shape index (κ1) is 16.0. The highest BCUT2D eigenvalue weighted by atomic mass is 16.4. The Balaban J connectivity index is 2.67. The summed E-state index contributed by atoms with van der Waals surface area (Å²) in [4.78, 5) is 23.1. The van der Waals surface area contributed by atoms with E-state index in [0.29, 0.717) is 0 Å². The van der Waals surface area contributed by atoms with Gasteiger partial charge in [0.15, 0.2) is 0 Å². The van der Waals surface area contributed by atoms with Crippen molar-refractivity contribution in [2.45, 2.75) is 38.3 Å². The Bertz CT molecular complexity index is 486. The molecule has 0 aromatic heterocycles. The van der Waals surface area contributed by atoms with Gasteiger partial charge in [0.1, 0.15) is 11.3 Å². The van der Waals surface area contributed by atoms with Crippen molar-refractivity contribution in [3.63, 3.8) is 0 Å². The van der Waals surface area contributed by atoms with E-state index in [4.69, 9.17) is 10.8 Å². The average molecular weight is 280 g/mol. The lowest BCUT2D eigenvalue weighted by molar-refractivity contribution is -0.147. The summed E-state index contributed by atoms with van der Waals surface area (Å²) >= 11 is 0. The van der Waals surface area contributed by atoms with Crippen molar-refractivity contribution in [1.29, 1.82) is 0 Å². The molecule has 0 aliphatic rings. The molecule has 0 fully saturated rings. The van der Waals surface area contributed by atoms with E-state index < -0.39 is 23.5 Å². The normalized spacial score (nSPS) is 15.2. The van der Waals surface area contributed by atoms with Crippen LogP contribution in [0.15, 0.2) is 24.3 Å². The smallest absolute Gasteiger partial charge is 0.329 e. The first-order valence-corrected chi connectivity index (χ1v) is 6.37. The molecule has 0 radical (unpaired) electrons. The Kier molecular flexibility index (Phi) is 5.10. The Labute approximate surface area is 117 Å². The second-order valence-corrected chi connectivity index (χ2v) is 4.96. The van der Waals surface area contributed by atoms with Crippen LogP contribution in [-0.4, -0.2) is 33.7 Å². The number of hydrogen-bond acceptors (Lipinski definition) is 4. The fourth-order valence-corrected chi connectivity index (χ4v) is 1.64. The molecule has 6 nitrogen and oxygen atoms in total. The zero-order valence-electron chi connectivity index (χ0n) is 11.6. The van der Waals surface area contributed by atoms with Crippen LogP contribution in [0.5, 0.6) is 5.75 Å². The Hall–Kier alpha value is -2.08. The summed E-state index contributed by atoms with van der Waals surface area (Å²) in [5.41, 5.74) is 5.26. The van der Waals surface area contributed by atoms with Gasteiger partial charge in [-0.2, -0.15) is 0 Å². The zero-order chi connectivity index (χ0) is 15.3. The summed E-state index contributed by atoms with van der Waals surface area (Å²) < 4.78 is 0. The van der Waals surface area contributed by atoms with Crippen LogP contribution in [-0.2, 0) is 16.0 Å². The van der Waals surface area contributed by atoms with E-state index >= 15 is 0 Å². The fourth-order valence-electron chi connectivity index (χ4n) is 1.64. The highest BCUT2D eigenvalue weighted by molar-refractivity contribution is 5.89. The van der Waals surface area contributed by atoms with Gasteiger partial charge in [-0.05, 0) is 37.5 Å². The van der Waals surface area contributed by atoms with E-state index in [1.807, 2.05) is 0 Å². The fraction of sp³-hybridized carbons (Fsp3) is 0.429. The lowest BCUT2D eigenvalue weighted by atomic mass is 9.97. The summed E-state index contributed by atoms with van der Waals surface area (Å²) in [7, 11) is 0. The molecule has 1 rings (SSSR count). The molecular formula is C14H20N2O4. The predicted octanol–water partition coefficient (Wildman–Crippen LogP) is 0.631. The second kappa shape index (κ2) is 6.38. The lowest BCUT2D eigenvalue weighted by Crippen LogP contribution is -2.56. The first-order valence-electron chi connectivity index (χ1n) is 6.37. The van der Waals surface area contributed by atoms with Crippen LogP contribution < -0.4 is 11.1 Å². The van der Waals surface area contributed by atoms with Gasteiger partial charge >= 0.3 is 5.97 Å². The highest BCUT2D eigenvalue weighted by Gasteiger charge is 2.34. The molecular weight excluding hydrogens is 260 g/mol. The van der Waals surface area contributed by atoms with Crippen LogP contribution >= 0.6 is 0 Å². The van der Waals surface area contributed by atoms with E-state index in [-0.39, 0.29) is 18.6 Å². The molecule has 0 saturated heterocycles. The summed E-state index contributed by atoms with van der Waals surface area (Å²) in [6.45, 7) is 3.13. The van der Waals surface area contributed by atoms with Crippen molar-refractivity contribution < 1.29 is 19.8 Å². The molecule has 20 heavy (non-hydrogen) atoms. The largest absolute Gasteiger partial charge is 0.508 e. The van der Waals surface area contributed by atoms with Gasteiger partial charge in [-0.25, -0.2) is 4.79 Å². The molecule has 2 atom stereocenters. The number of nitrogens with two attached hydrogens (primary N) is 1. The highest BCUT2D eigenvalue weighted by Crippen LogP contribution is 2.12. The van der Waals surface area contributed by atoms with Gasteiger partial charge in [0.25, 0.3) is 0 Å². The van der Waals surface area contributed by atoms with E-state index in [0.717, 1.165) is 5.56 Å².